The molecule has 26 heavy (non-hydrogen) atoms. The molecule has 0 radical (unpaired) electrons. The third-order valence-electron chi connectivity index (χ3n) is 3.73. The van der Waals surface area contributed by atoms with Crippen LogP contribution in [0.3, 0.4) is 0 Å². The Bertz CT molecular complexity index is 1020. The van der Waals surface area contributed by atoms with Crippen LogP contribution in [0.5, 0.6) is 5.75 Å². The summed E-state index contributed by atoms with van der Waals surface area (Å²) in [6.07, 6.45) is 3.75. The van der Waals surface area contributed by atoms with Crippen molar-refractivity contribution in [3.8, 4) is 5.75 Å². The molecule has 2 heterocycles. The van der Waals surface area contributed by atoms with Crippen LogP contribution in [-0.2, 0) is 17.8 Å². The summed E-state index contributed by atoms with van der Waals surface area (Å²) in [6.45, 7) is 1.88. The molecule has 2 aromatic heterocycles. The number of thiophene rings is 1. The molecule has 0 aliphatic carbocycles. The van der Waals surface area contributed by atoms with Gasteiger partial charge in [0, 0.05) is 4.88 Å². The van der Waals surface area contributed by atoms with Crippen molar-refractivity contribution in [1.29, 1.82) is 0 Å². The second kappa shape index (κ2) is 7.92. The molecule has 0 atom stereocenters. The van der Waals surface area contributed by atoms with E-state index in [0.29, 0.717) is 16.0 Å². The normalized spacial score (nSPS) is 11.2. The Morgan fingerprint density at radius 2 is 2.27 bits per heavy atom. The van der Waals surface area contributed by atoms with Crippen molar-refractivity contribution < 1.29 is 9.53 Å². The number of hydrazone groups is 1. The van der Waals surface area contributed by atoms with E-state index in [1.54, 1.807) is 13.2 Å². The number of hydrogen-bond acceptors (Lipinski definition) is 6. The molecule has 0 unspecified atom stereocenters. The van der Waals surface area contributed by atoms with E-state index in [9.17, 15) is 9.59 Å². The minimum atomic E-state index is -0.404. The third kappa shape index (κ3) is 3.97. The predicted molar refractivity (Wildman–Crippen MR) is 102 cm³/mol. The first kappa shape index (κ1) is 17.8. The van der Waals surface area contributed by atoms with E-state index in [0.717, 1.165) is 16.9 Å². The fraction of sp³-hybridized carbons (Fsp3) is 0.222. The summed E-state index contributed by atoms with van der Waals surface area (Å²) < 4.78 is 6.41. The van der Waals surface area contributed by atoms with Gasteiger partial charge in [-0.1, -0.05) is 19.1 Å². The maximum absolute atomic E-state index is 12.5. The van der Waals surface area contributed by atoms with Crippen LogP contribution in [0.25, 0.3) is 10.2 Å². The number of aryl methyl sites for hydroxylation is 1. The van der Waals surface area contributed by atoms with Gasteiger partial charge in [0.1, 0.15) is 17.1 Å². The monoisotopic (exact) mass is 370 g/mol. The van der Waals surface area contributed by atoms with Crippen molar-refractivity contribution in [2.24, 2.45) is 5.10 Å². The van der Waals surface area contributed by atoms with Crippen LogP contribution >= 0.6 is 11.3 Å². The Kier molecular flexibility index (Phi) is 5.43. The molecule has 0 saturated carbocycles. The van der Waals surface area contributed by atoms with Gasteiger partial charge in [-0.25, -0.2) is 10.4 Å². The molecule has 0 aliphatic heterocycles. The van der Waals surface area contributed by atoms with Gasteiger partial charge in [-0.2, -0.15) is 5.10 Å². The van der Waals surface area contributed by atoms with Crippen LogP contribution < -0.4 is 15.7 Å². The van der Waals surface area contributed by atoms with E-state index >= 15 is 0 Å². The Balaban J connectivity index is 1.68. The summed E-state index contributed by atoms with van der Waals surface area (Å²) in [5.41, 5.74) is 2.98. The van der Waals surface area contributed by atoms with Crippen molar-refractivity contribution in [2.75, 3.05) is 7.11 Å². The highest BCUT2D eigenvalue weighted by molar-refractivity contribution is 7.18. The van der Waals surface area contributed by atoms with Gasteiger partial charge >= 0.3 is 0 Å². The van der Waals surface area contributed by atoms with Gasteiger partial charge in [0.05, 0.1) is 25.0 Å². The molecule has 0 spiro atoms. The lowest BCUT2D eigenvalue weighted by molar-refractivity contribution is -0.121. The number of amides is 1. The van der Waals surface area contributed by atoms with Gasteiger partial charge < -0.3 is 4.74 Å². The first-order valence-electron chi connectivity index (χ1n) is 8.04. The van der Waals surface area contributed by atoms with Crippen LogP contribution in [0.2, 0.25) is 0 Å². The van der Waals surface area contributed by atoms with Crippen molar-refractivity contribution in [2.45, 2.75) is 19.9 Å². The number of fused-ring (bicyclic) bond motifs is 1. The van der Waals surface area contributed by atoms with Crippen LogP contribution in [0.4, 0.5) is 0 Å². The summed E-state index contributed by atoms with van der Waals surface area (Å²) in [5, 5.41) is 4.45. The Hall–Kier alpha value is -3.00. The molecule has 1 amide bonds. The Labute approximate surface area is 154 Å². The number of carbonyl (C=O) groups excluding carboxylic acids is 1. The number of hydrogen-bond donors (Lipinski definition) is 1. The number of aromatic nitrogens is 2. The summed E-state index contributed by atoms with van der Waals surface area (Å²) in [4.78, 5) is 30.5. The fourth-order valence-corrected chi connectivity index (χ4v) is 3.31. The molecule has 0 saturated heterocycles. The van der Waals surface area contributed by atoms with E-state index in [4.69, 9.17) is 4.74 Å². The standard InChI is InChI=1S/C18H18N4O3S/c1-3-14-8-15-17(26-14)19-11-22(18(15)24)10-16(23)21-20-9-12-5-4-6-13(7-12)25-2/h4-9,11H,3,10H2,1-2H3,(H,21,23)/b20-9+. The summed E-state index contributed by atoms with van der Waals surface area (Å²) in [5.74, 6) is 0.298. The van der Waals surface area contributed by atoms with Crippen LogP contribution in [-0.4, -0.2) is 28.8 Å². The number of benzene rings is 1. The van der Waals surface area contributed by atoms with Gasteiger partial charge in [0.2, 0.25) is 0 Å². The van der Waals surface area contributed by atoms with E-state index in [2.05, 4.69) is 15.5 Å². The third-order valence-corrected chi connectivity index (χ3v) is 4.92. The van der Waals surface area contributed by atoms with Crippen molar-refractivity contribution in [3.05, 3.63) is 57.5 Å². The summed E-state index contributed by atoms with van der Waals surface area (Å²) >= 11 is 1.49. The zero-order valence-electron chi connectivity index (χ0n) is 14.4. The average Bonchev–Trinajstić information content (AvgIpc) is 3.08. The molecular formula is C18H18N4O3S. The first-order chi connectivity index (χ1) is 12.6. The number of rotatable bonds is 6. The quantitative estimate of drug-likeness (QED) is 0.532. The van der Waals surface area contributed by atoms with Crippen LogP contribution in [0.1, 0.15) is 17.4 Å². The lowest BCUT2D eigenvalue weighted by Crippen LogP contribution is -2.29. The summed E-state index contributed by atoms with van der Waals surface area (Å²) in [7, 11) is 1.58. The van der Waals surface area contributed by atoms with Crippen LogP contribution in [0, 0.1) is 0 Å². The molecule has 7 nitrogen and oxygen atoms in total. The molecule has 0 bridgehead atoms. The van der Waals surface area contributed by atoms with Crippen molar-refractivity contribution >= 4 is 33.7 Å². The van der Waals surface area contributed by atoms with Gasteiger partial charge in [0.25, 0.3) is 11.5 Å². The van der Waals surface area contributed by atoms with Gasteiger partial charge in [0.15, 0.2) is 0 Å². The second-order valence-corrected chi connectivity index (χ2v) is 6.65. The number of methoxy groups -OCH3 is 1. The van der Waals surface area contributed by atoms with Gasteiger partial charge in [-0.05, 0) is 30.2 Å². The number of ether oxygens (including phenoxy) is 1. The molecule has 3 rings (SSSR count). The molecule has 8 heteroatoms. The average molecular weight is 370 g/mol. The SMILES string of the molecule is CCc1cc2c(=O)n(CC(=O)N/N=C/c3cccc(OC)c3)cnc2s1. The lowest BCUT2D eigenvalue weighted by atomic mass is 10.2. The topological polar surface area (TPSA) is 85.6 Å². The largest absolute Gasteiger partial charge is 0.497 e. The van der Waals surface area contributed by atoms with E-state index in [1.165, 1.54) is 28.4 Å². The molecular weight excluding hydrogens is 352 g/mol. The Morgan fingerprint density at radius 1 is 1.42 bits per heavy atom. The number of carbonyl (C=O) groups is 1. The highest BCUT2D eigenvalue weighted by Crippen LogP contribution is 2.20. The highest BCUT2D eigenvalue weighted by atomic mass is 32.1. The fourth-order valence-electron chi connectivity index (χ4n) is 2.39. The highest BCUT2D eigenvalue weighted by Gasteiger charge is 2.10. The minimum Gasteiger partial charge on any atom is -0.497 e. The second-order valence-electron chi connectivity index (χ2n) is 5.53. The maximum Gasteiger partial charge on any atom is 0.262 e. The van der Waals surface area contributed by atoms with Crippen molar-refractivity contribution in [3.63, 3.8) is 0 Å². The zero-order chi connectivity index (χ0) is 18.5. The van der Waals surface area contributed by atoms with E-state index in [-0.39, 0.29) is 12.1 Å². The van der Waals surface area contributed by atoms with E-state index < -0.39 is 5.91 Å². The molecule has 134 valence electrons. The molecule has 0 aliphatic rings. The predicted octanol–water partition coefficient (Wildman–Crippen LogP) is 2.18. The maximum atomic E-state index is 12.5. The Morgan fingerprint density at radius 3 is 3.04 bits per heavy atom. The molecule has 3 aromatic rings. The lowest BCUT2D eigenvalue weighted by Gasteiger charge is -2.04. The molecule has 1 aromatic carbocycles. The summed E-state index contributed by atoms with van der Waals surface area (Å²) in [6, 6.07) is 9.11. The minimum absolute atomic E-state index is 0.144. The zero-order valence-corrected chi connectivity index (χ0v) is 15.2. The van der Waals surface area contributed by atoms with Gasteiger partial charge in [-0.15, -0.1) is 11.3 Å². The molecule has 0 fully saturated rings. The smallest absolute Gasteiger partial charge is 0.262 e. The van der Waals surface area contributed by atoms with Crippen LogP contribution in [0.15, 0.2) is 46.6 Å². The van der Waals surface area contributed by atoms with E-state index in [1.807, 2.05) is 31.2 Å². The number of nitrogens with one attached hydrogen (secondary N) is 1. The van der Waals surface area contributed by atoms with Crippen molar-refractivity contribution in [1.82, 2.24) is 15.0 Å². The first-order valence-corrected chi connectivity index (χ1v) is 8.86. The molecule has 1 N–H and O–H groups in total. The number of nitrogens with zero attached hydrogens (tertiary/aromatic N) is 3. The van der Waals surface area contributed by atoms with Gasteiger partial charge in [-0.3, -0.25) is 14.2 Å².